The average molecular weight is 406 g/mol. The van der Waals surface area contributed by atoms with Crippen molar-refractivity contribution in [3.63, 3.8) is 0 Å². The molecule has 0 atom stereocenters. The van der Waals surface area contributed by atoms with Crippen LogP contribution >= 0.6 is 0 Å². The van der Waals surface area contributed by atoms with Gasteiger partial charge in [-0.25, -0.2) is 4.79 Å². The lowest BCUT2D eigenvalue weighted by atomic mass is 9.91. The summed E-state index contributed by atoms with van der Waals surface area (Å²) in [4.78, 5) is 18.2. The largest absolute Gasteiger partial charge is 0.497 e. The summed E-state index contributed by atoms with van der Waals surface area (Å²) < 4.78 is 5.18. The fraction of sp³-hybridized carbons (Fsp3) is 0.400. The van der Waals surface area contributed by atoms with Crippen LogP contribution in [0.5, 0.6) is 5.75 Å². The number of H-pyrrole nitrogens is 1. The van der Waals surface area contributed by atoms with Crippen molar-refractivity contribution < 1.29 is 9.53 Å². The molecule has 0 bridgehead atoms. The zero-order chi connectivity index (χ0) is 21.1. The van der Waals surface area contributed by atoms with Crippen LogP contribution in [0, 0.1) is 13.8 Å². The molecule has 5 heteroatoms. The van der Waals surface area contributed by atoms with Crippen LogP contribution in [-0.2, 0) is 6.42 Å². The minimum Gasteiger partial charge on any atom is -0.497 e. The van der Waals surface area contributed by atoms with Gasteiger partial charge in [0.1, 0.15) is 5.75 Å². The van der Waals surface area contributed by atoms with Gasteiger partial charge >= 0.3 is 6.03 Å². The fourth-order valence-corrected chi connectivity index (χ4v) is 4.46. The van der Waals surface area contributed by atoms with Gasteiger partial charge in [-0.15, -0.1) is 0 Å². The first-order chi connectivity index (χ1) is 14.5. The number of nitrogens with one attached hydrogen (secondary N) is 2. The van der Waals surface area contributed by atoms with Crippen molar-refractivity contribution in [2.45, 2.75) is 39.0 Å². The molecule has 0 saturated carbocycles. The van der Waals surface area contributed by atoms with Gasteiger partial charge < -0.3 is 19.9 Å². The van der Waals surface area contributed by atoms with E-state index in [9.17, 15) is 4.79 Å². The number of piperidine rings is 1. The Labute approximate surface area is 178 Å². The number of hydrogen-bond acceptors (Lipinski definition) is 2. The molecule has 30 heavy (non-hydrogen) atoms. The van der Waals surface area contributed by atoms with E-state index in [0.29, 0.717) is 12.5 Å². The SMILES string of the molecule is COc1ccc(CCNC(=O)N2CCC(c3[nH]c4ccc(C)cc4c3C)CC2)cc1. The number of carbonyl (C=O) groups excluding carboxylic acids is 1. The smallest absolute Gasteiger partial charge is 0.317 e. The summed E-state index contributed by atoms with van der Waals surface area (Å²) in [6.07, 6.45) is 2.82. The van der Waals surface area contributed by atoms with E-state index in [-0.39, 0.29) is 6.03 Å². The van der Waals surface area contributed by atoms with E-state index in [2.05, 4.69) is 42.3 Å². The predicted octanol–water partition coefficient (Wildman–Crippen LogP) is 4.93. The number of ether oxygens (including phenoxy) is 1. The van der Waals surface area contributed by atoms with E-state index in [1.54, 1.807) is 7.11 Å². The molecule has 0 radical (unpaired) electrons. The summed E-state index contributed by atoms with van der Waals surface area (Å²) >= 11 is 0. The first kappa shape index (κ1) is 20.3. The van der Waals surface area contributed by atoms with Crippen molar-refractivity contribution in [3.05, 3.63) is 64.8 Å². The minimum atomic E-state index is 0.0472. The number of urea groups is 1. The molecule has 1 aliphatic heterocycles. The zero-order valence-corrected chi connectivity index (χ0v) is 18.1. The highest BCUT2D eigenvalue weighted by Crippen LogP contribution is 2.33. The van der Waals surface area contributed by atoms with Gasteiger partial charge in [0.05, 0.1) is 7.11 Å². The van der Waals surface area contributed by atoms with Crippen LogP contribution in [-0.4, -0.2) is 42.7 Å². The highest BCUT2D eigenvalue weighted by molar-refractivity contribution is 5.85. The quantitative estimate of drug-likeness (QED) is 0.633. The van der Waals surface area contributed by atoms with Crippen molar-refractivity contribution >= 4 is 16.9 Å². The van der Waals surface area contributed by atoms with Crippen molar-refractivity contribution in [3.8, 4) is 5.75 Å². The lowest BCUT2D eigenvalue weighted by molar-refractivity contribution is 0.181. The lowest BCUT2D eigenvalue weighted by Gasteiger charge is -2.32. The van der Waals surface area contributed by atoms with Crippen LogP contribution in [0.2, 0.25) is 0 Å². The molecule has 2 amide bonds. The molecule has 1 aliphatic rings. The monoisotopic (exact) mass is 405 g/mol. The number of aromatic nitrogens is 1. The minimum absolute atomic E-state index is 0.0472. The van der Waals surface area contributed by atoms with Gasteiger partial charge in [-0.2, -0.15) is 0 Å². The molecule has 2 aromatic carbocycles. The molecular weight excluding hydrogens is 374 g/mol. The Hall–Kier alpha value is -2.95. The summed E-state index contributed by atoms with van der Waals surface area (Å²) in [6.45, 7) is 6.59. The molecule has 0 aliphatic carbocycles. The van der Waals surface area contributed by atoms with Crippen molar-refractivity contribution in [2.24, 2.45) is 0 Å². The molecule has 3 aromatic rings. The van der Waals surface area contributed by atoms with Gasteiger partial charge in [0, 0.05) is 42.1 Å². The number of aromatic amines is 1. The Kier molecular flexibility index (Phi) is 5.98. The number of benzene rings is 2. The molecule has 0 unspecified atom stereocenters. The fourth-order valence-electron chi connectivity index (χ4n) is 4.46. The second-order valence-corrected chi connectivity index (χ2v) is 8.30. The van der Waals surface area contributed by atoms with Gasteiger partial charge in [-0.05, 0) is 68.5 Å². The molecule has 0 spiro atoms. The number of nitrogens with zero attached hydrogens (tertiary/aromatic N) is 1. The highest BCUT2D eigenvalue weighted by atomic mass is 16.5. The normalized spacial score (nSPS) is 14.8. The summed E-state index contributed by atoms with van der Waals surface area (Å²) in [7, 11) is 1.67. The number of hydrogen-bond donors (Lipinski definition) is 2. The van der Waals surface area contributed by atoms with Gasteiger partial charge in [-0.3, -0.25) is 0 Å². The third kappa shape index (κ3) is 4.30. The molecule has 5 nitrogen and oxygen atoms in total. The summed E-state index contributed by atoms with van der Waals surface area (Å²) in [6, 6.07) is 14.6. The molecular formula is C25H31N3O2. The first-order valence-corrected chi connectivity index (χ1v) is 10.8. The Morgan fingerprint density at radius 1 is 1.13 bits per heavy atom. The van der Waals surface area contributed by atoms with E-state index in [1.807, 2.05) is 29.2 Å². The maximum atomic E-state index is 12.6. The van der Waals surface area contributed by atoms with Crippen LogP contribution < -0.4 is 10.1 Å². The van der Waals surface area contributed by atoms with Crippen LogP contribution in [0.15, 0.2) is 42.5 Å². The summed E-state index contributed by atoms with van der Waals surface area (Å²) in [5, 5.41) is 4.39. The number of amides is 2. The predicted molar refractivity (Wildman–Crippen MR) is 121 cm³/mol. The molecule has 1 fully saturated rings. The van der Waals surface area contributed by atoms with E-state index in [0.717, 1.165) is 38.1 Å². The zero-order valence-electron chi connectivity index (χ0n) is 18.1. The highest BCUT2D eigenvalue weighted by Gasteiger charge is 2.26. The van der Waals surface area contributed by atoms with Gasteiger partial charge in [0.2, 0.25) is 0 Å². The third-order valence-corrected chi connectivity index (χ3v) is 6.29. The molecule has 2 N–H and O–H groups in total. The van der Waals surface area contributed by atoms with Crippen LogP contribution in [0.3, 0.4) is 0 Å². The van der Waals surface area contributed by atoms with E-state index < -0.39 is 0 Å². The number of fused-ring (bicyclic) bond motifs is 1. The standard InChI is InChI=1S/C25H31N3O2/c1-17-4-9-23-22(16-17)18(2)24(27-23)20-11-14-28(15-12-20)25(29)26-13-10-19-5-7-21(30-3)8-6-19/h4-9,16,20,27H,10-15H2,1-3H3,(H,26,29). The molecule has 1 saturated heterocycles. The molecule has 2 heterocycles. The second-order valence-electron chi connectivity index (χ2n) is 8.30. The topological polar surface area (TPSA) is 57.4 Å². The van der Waals surface area contributed by atoms with Crippen molar-refractivity contribution in [1.82, 2.24) is 15.2 Å². The average Bonchev–Trinajstić information content (AvgIpc) is 3.10. The number of aryl methyl sites for hydroxylation is 2. The van der Waals surface area contributed by atoms with Gasteiger partial charge in [0.25, 0.3) is 0 Å². The van der Waals surface area contributed by atoms with Crippen LogP contribution in [0.1, 0.15) is 41.1 Å². The second kappa shape index (κ2) is 8.82. The Bertz CT molecular complexity index is 1010. The van der Waals surface area contributed by atoms with Crippen LogP contribution in [0.4, 0.5) is 4.79 Å². The van der Waals surface area contributed by atoms with Crippen molar-refractivity contribution in [2.75, 3.05) is 26.7 Å². The maximum absolute atomic E-state index is 12.6. The molecule has 158 valence electrons. The van der Waals surface area contributed by atoms with Gasteiger partial charge in [-0.1, -0.05) is 23.8 Å². The van der Waals surface area contributed by atoms with Gasteiger partial charge in [0.15, 0.2) is 0 Å². The summed E-state index contributed by atoms with van der Waals surface area (Å²) in [5.74, 6) is 1.34. The number of rotatable bonds is 5. The Balaban J connectivity index is 1.28. The maximum Gasteiger partial charge on any atom is 0.317 e. The van der Waals surface area contributed by atoms with E-state index >= 15 is 0 Å². The van der Waals surface area contributed by atoms with E-state index in [1.165, 1.54) is 33.3 Å². The number of methoxy groups -OCH3 is 1. The van der Waals surface area contributed by atoms with E-state index in [4.69, 9.17) is 4.74 Å². The summed E-state index contributed by atoms with van der Waals surface area (Å²) in [5.41, 5.74) is 6.40. The van der Waals surface area contributed by atoms with Crippen LogP contribution in [0.25, 0.3) is 10.9 Å². The lowest BCUT2D eigenvalue weighted by Crippen LogP contribution is -2.44. The first-order valence-electron chi connectivity index (χ1n) is 10.8. The Morgan fingerprint density at radius 3 is 2.57 bits per heavy atom. The Morgan fingerprint density at radius 2 is 1.87 bits per heavy atom. The molecule has 4 rings (SSSR count). The number of carbonyl (C=O) groups is 1. The molecule has 1 aromatic heterocycles. The van der Waals surface area contributed by atoms with Crippen molar-refractivity contribution in [1.29, 1.82) is 0 Å². The third-order valence-electron chi connectivity index (χ3n) is 6.29. The number of likely N-dealkylation sites (tertiary alicyclic amines) is 1.